The van der Waals surface area contributed by atoms with Crippen LogP contribution in [0.3, 0.4) is 0 Å². The van der Waals surface area contributed by atoms with Gasteiger partial charge in [-0.05, 0) is 49.7 Å². The predicted octanol–water partition coefficient (Wildman–Crippen LogP) is 4.24. The molecule has 1 atom stereocenters. The molecule has 122 valence electrons. The molecule has 0 aliphatic rings. The first-order chi connectivity index (χ1) is 11.0. The predicted molar refractivity (Wildman–Crippen MR) is 91.5 cm³/mol. The van der Waals surface area contributed by atoms with Gasteiger partial charge in [-0.25, -0.2) is 0 Å². The number of halogens is 1. The summed E-state index contributed by atoms with van der Waals surface area (Å²) in [5, 5.41) is 3.63. The molecule has 0 aromatic heterocycles. The third-order valence-electron chi connectivity index (χ3n) is 3.44. The van der Waals surface area contributed by atoms with Gasteiger partial charge < -0.3 is 14.8 Å². The molecular formula is C18H20ClNO3. The number of rotatable bonds is 6. The molecule has 0 bridgehead atoms. The minimum absolute atomic E-state index is 0.127. The second kappa shape index (κ2) is 7.88. The zero-order valence-corrected chi connectivity index (χ0v) is 14.2. The van der Waals surface area contributed by atoms with Crippen LogP contribution < -0.4 is 14.8 Å². The monoisotopic (exact) mass is 333 g/mol. The van der Waals surface area contributed by atoms with E-state index in [9.17, 15) is 4.79 Å². The molecule has 0 unspecified atom stereocenters. The van der Waals surface area contributed by atoms with Crippen molar-refractivity contribution < 1.29 is 14.3 Å². The maximum Gasteiger partial charge on any atom is 0.251 e. The van der Waals surface area contributed by atoms with Crippen LogP contribution in [0.2, 0.25) is 5.02 Å². The summed E-state index contributed by atoms with van der Waals surface area (Å²) >= 11 is 5.88. The molecule has 0 aliphatic heterocycles. The average molecular weight is 334 g/mol. The summed E-state index contributed by atoms with van der Waals surface area (Å²) < 4.78 is 10.7. The number of ether oxygens (including phenoxy) is 2. The largest absolute Gasteiger partial charge is 0.493 e. The van der Waals surface area contributed by atoms with Crippen LogP contribution in [0.5, 0.6) is 11.5 Å². The van der Waals surface area contributed by atoms with E-state index in [0.29, 0.717) is 28.7 Å². The zero-order valence-electron chi connectivity index (χ0n) is 13.4. The Hall–Kier alpha value is -2.20. The van der Waals surface area contributed by atoms with E-state index in [1.807, 2.05) is 26.0 Å². The van der Waals surface area contributed by atoms with Gasteiger partial charge in [0.05, 0.1) is 19.8 Å². The van der Waals surface area contributed by atoms with Crippen molar-refractivity contribution in [3.63, 3.8) is 0 Å². The Kier molecular flexibility index (Phi) is 5.88. The molecule has 2 rings (SSSR count). The lowest BCUT2D eigenvalue weighted by Gasteiger charge is -2.15. The van der Waals surface area contributed by atoms with Gasteiger partial charge >= 0.3 is 0 Å². The van der Waals surface area contributed by atoms with Crippen LogP contribution in [-0.2, 0) is 0 Å². The lowest BCUT2D eigenvalue weighted by atomic mass is 10.1. The summed E-state index contributed by atoms with van der Waals surface area (Å²) in [5.74, 6) is 0.991. The van der Waals surface area contributed by atoms with Gasteiger partial charge in [0.2, 0.25) is 0 Å². The molecule has 2 aromatic carbocycles. The van der Waals surface area contributed by atoms with E-state index in [-0.39, 0.29) is 11.9 Å². The molecule has 0 heterocycles. The Morgan fingerprint density at radius 1 is 1.17 bits per heavy atom. The number of carbonyl (C=O) groups is 1. The van der Waals surface area contributed by atoms with Crippen molar-refractivity contribution in [2.75, 3.05) is 13.7 Å². The summed E-state index contributed by atoms with van der Waals surface area (Å²) in [7, 11) is 1.55. The molecule has 0 fully saturated rings. The number of benzene rings is 2. The second-order valence-corrected chi connectivity index (χ2v) is 5.48. The Bertz CT molecular complexity index is 670. The number of methoxy groups -OCH3 is 1. The molecule has 0 radical (unpaired) electrons. The smallest absolute Gasteiger partial charge is 0.251 e. The first-order valence-electron chi connectivity index (χ1n) is 7.42. The van der Waals surface area contributed by atoms with E-state index >= 15 is 0 Å². The summed E-state index contributed by atoms with van der Waals surface area (Å²) in [6.45, 7) is 4.36. The highest BCUT2D eigenvalue weighted by Crippen LogP contribution is 2.28. The molecule has 0 saturated carbocycles. The zero-order chi connectivity index (χ0) is 16.8. The van der Waals surface area contributed by atoms with Crippen molar-refractivity contribution in [1.29, 1.82) is 0 Å². The lowest BCUT2D eigenvalue weighted by molar-refractivity contribution is 0.0939. The van der Waals surface area contributed by atoms with Gasteiger partial charge in [0, 0.05) is 10.6 Å². The van der Waals surface area contributed by atoms with Crippen molar-refractivity contribution in [3.8, 4) is 11.5 Å². The quantitative estimate of drug-likeness (QED) is 0.860. The topological polar surface area (TPSA) is 47.6 Å². The van der Waals surface area contributed by atoms with Gasteiger partial charge in [-0.2, -0.15) is 0 Å². The third-order valence-corrected chi connectivity index (χ3v) is 3.70. The highest BCUT2D eigenvalue weighted by molar-refractivity contribution is 6.30. The molecule has 1 amide bonds. The first kappa shape index (κ1) is 17.2. The number of hydrogen-bond acceptors (Lipinski definition) is 3. The standard InChI is InChI=1S/C18H20ClNO3/c1-4-23-16-10-7-14(11-17(16)22-3)18(21)20-12(2)13-5-8-15(19)9-6-13/h5-12H,4H2,1-3H3,(H,20,21)/t12-/m0/s1. The van der Waals surface area contributed by atoms with Crippen LogP contribution >= 0.6 is 11.6 Å². The van der Waals surface area contributed by atoms with Crippen LogP contribution in [0.4, 0.5) is 0 Å². The van der Waals surface area contributed by atoms with Crippen molar-refractivity contribution in [2.24, 2.45) is 0 Å². The van der Waals surface area contributed by atoms with Gasteiger partial charge in [0.25, 0.3) is 5.91 Å². The molecule has 1 N–H and O–H groups in total. The summed E-state index contributed by atoms with van der Waals surface area (Å²) in [6.07, 6.45) is 0. The van der Waals surface area contributed by atoms with Crippen LogP contribution in [0.15, 0.2) is 42.5 Å². The van der Waals surface area contributed by atoms with Crippen molar-refractivity contribution in [1.82, 2.24) is 5.32 Å². The van der Waals surface area contributed by atoms with E-state index in [1.165, 1.54) is 0 Å². The number of nitrogens with one attached hydrogen (secondary N) is 1. The summed E-state index contributed by atoms with van der Waals surface area (Å²) in [6, 6.07) is 12.4. The van der Waals surface area contributed by atoms with E-state index in [4.69, 9.17) is 21.1 Å². The van der Waals surface area contributed by atoms with E-state index in [1.54, 1.807) is 37.4 Å². The van der Waals surface area contributed by atoms with Crippen LogP contribution in [-0.4, -0.2) is 19.6 Å². The van der Waals surface area contributed by atoms with Crippen molar-refractivity contribution >= 4 is 17.5 Å². The molecular weight excluding hydrogens is 314 g/mol. The van der Waals surface area contributed by atoms with Gasteiger partial charge in [-0.3, -0.25) is 4.79 Å². The van der Waals surface area contributed by atoms with Gasteiger partial charge in [0.1, 0.15) is 0 Å². The molecule has 0 spiro atoms. The highest BCUT2D eigenvalue weighted by atomic mass is 35.5. The molecule has 0 saturated heterocycles. The Balaban J connectivity index is 2.12. The summed E-state index contributed by atoms with van der Waals surface area (Å²) in [5.41, 5.74) is 1.51. The van der Waals surface area contributed by atoms with E-state index in [2.05, 4.69) is 5.32 Å². The van der Waals surface area contributed by atoms with Crippen molar-refractivity contribution in [2.45, 2.75) is 19.9 Å². The maximum atomic E-state index is 12.4. The lowest BCUT2D eigenvalue weighted by Crippen LogP contribution is -2.26. The minimum atomic E-state index is -0.172. The Morgan fingerprint density at radius 3 is 2.48 bits per heavy atom. The Morgan fingerprint density at radius 2 is 1.87 bits per heavy atom. The highest BCUT2D eigenvalue weighted by Gasteiger charge is 2.14. The van der Waals surface area contributed by atoms with Gasteiger partial charge in [0.15, 0.2) is 11.5 Å². The fraction of sp³-hybridized carbons (Fsp3) is 0.278. The molecule has 0 aliphatic carbocycles. The Labute approximate surface area is 141 Å². The summed E-state index contributed by atoms with van der Waals surface area (Å²) in [4.78, 5) is 12.4. The first-order valence-corrected chi connectivity index (χ1v) is 7.80. The van der Waals surface area contributed by atoms with Gasteiger partial charge in [-0.1, -0.05) is 23.7 Å². The maximum absolute atomic E-state index is 12.4. The molecule has 23 heavy (non-hydrogen) atoms. The number of amides is 1. The molecule has 2 aromatic rings. The van der Waals surface area contributed by atoms with Gasteiger partial charge in [-0.15, -0.1) is 0 Å². The van der Waals surface area contributed by atoms with Crippen LogP contribution in [0.1, 0.15) is 35.8 Å². The van der Waals surface area contributed by atoms with Crippen LogP contribution in [0, 0.1) is 0 Å². The molecule has 4 nitrogen and oxygen atoms in total. The third kappa shape index (κ3) is 4.39. The van der Waals surface area contributed by atoms with E-state index < -0.39 is 0 Å². The fourth-order valence-electron chi connectivity index (χ4n) is 2.20. The number of carbonyl (C=O) groups excluding carboxylic acids is 1. The average Bonchev–Trinajstić information content (AvgIpc) is 2.55. The molecule has 5 heteroatoms. The van der Waals surface area contributed by atoms with E-state index in [0.717, 1.165) is 5.56 Å². The van der Waals surface area contributed by atoms with Crippen LogP contribution in [0.25, 0.3) is 0 Å². The second-order valence-electron chi connectivity index (χ2n) is 5.05. The SMILES string of the molecule is CCOc1ccc(C(=O)N[C@@H](C)c2ccc(Cl)cc2)cc1OC. The normalized spacial score (nSPS) is 11.7. The number of hydrogen-bond donors (Lipinski definition) is 1. The minimum Gasteiger partial charge on any atom is -0.493 e. The fourth-order valence-corrected chi connectivity index (χ4v) is 2.32. The van der Waals surface area contributed by atoms with Crippen molar-refractivity contribution in [3.05, 3.63) is 58.6 Å².